The molecular formula is C26H54O7Si2. The van der Waals surface area contributed by atoms with Crippen LogP contribution in [0, 0.1) is 5.92 Å². The molecule has 0 amide bonds. The van der Waals surface area contributed by atoms with E-state index in [1.807, 2.05) is 0 Å². The molecule has 0 N–H and O–H groups in total. The minimum atomic E-state index is -1.68. The maximum Gasteiger partial charge on any atom is 0.305 e. The zero-order valence-electron chi connectivity index (χ0n) is 23.9. The first-order valence-corrected chi connectivity index (χ1v) is 19.6. The molecule has 0 aromatic rings. The van der Waals surface area contributed by atoms with E-state index in [9.17, 15) is 9.59 Å². The molecule has 9 heteroatoms. The number of carbonyl (C=O) groups excluding carboxylic acids is 2. The number of esters is 2. The maximum absolute atomic E-state index is 11.8. The van der Waals surface area contributed by atoms with Crippen LogP contribution in [0.1, 0.15) is 72.6 Å². The first-order valence-electron chi connectivity index (χ1n) is 13.5. The lowest BCUT2D eigenvalue weighted by Gasteiger charge is -2.36. The first-order chi connectivity index (χ1) is 16.4. The molecule has 0 unspecified atom stereocenters. The third-order valence-corrected chi connectivity index (χ3v) is 14.7. The van der Waals surface area contributed by atoms with E-state index in [4.69, 9.17) is 23.1 Å². The third-order valence-electron chi connectivity index (χ3n) is 6.06. The SMILES string of the molecule is CC(C)CCCOCCOC(=O)CCCCC(=O)OCCOCCC[Si](C)(C)O[Si](C)(C)C(C)C. The van der Waals surface area contributed by atoms with Crippen molar-refractivity contribution in [1.29, 1.82) is 0 Å². The predicted molar refractivity (Wildman–Crippen MR) is 147 cm³/mol. The van der Waals surface area contributed by atoms with Crippen LogP contribution >= 0.6 is 0 Å². The summed E-state index contributed by atoms with van der Waals surface area (Å²) in [6.45, 7) is 20.8. The summed E-state index contributed by atoms with van der Waals surface area (Å²) in [6.07, 6.45) is 4.97. The molecule has 0 aliphatic carbocycles. The second-order valence-electron chi connectivity index (χ2n) is 11.1. The van der Waals surface area contributed by atoms with Crippen molar-refractivity contribution in [3.8, 4) is 0 Å². The van der Waals surface area contributed by atoms with Gasteiger partial charge in [-0.05, 0) is 75.8 Å². The molecule has 0 atom stereocenters. The zero-order chi connectivity index (χ0) is 26.7. The highest BCUT2D eigenvalue weighted by atomic mass is 28.4. The van der Waals surface area contributed by atoms with Gasteiger partial charge >= 0.3 is 11.9 Å². The zero-order valence-corrected chi connectivity index (χ0v) is 25.9. The molecular weight excluding hydrogens is 480 g/mol. The van der Waals surface area contributed by atoms with Crippen molar-refractivity contribution in [1.82, 2.24) is 0 Å². The van der Waals surface area contributed by atoms with Crippen molar-refractivity contribution in [2.45, 2.75) is 110 Å². The summed E-state index contributed by atoms with van der Waals surface area (Å²) in [5, 5.41) is 0. The molecule has 7 nitrogen and oxygen atoms in total. The van der Waals surface area contributed by atoms with Crippen molar-refractivity contribution < 1.29 is 32.7 Å². The highest BCUT2D eigenvalue weighted by Gasteiger charge is 2.34. The highest BCUT2D eigenvalue weighted by molar-refractivity contribution is 6.85. The van der Waals surface area contributed by atoms with Crippen LogP contribution in [0.2, 0.25) is 37.8 Å². The predicted octanol–water partition coefficient (Wildman–Crippen LogP) is 6.33. The Hall–Kier alpha value is -0.746. The fraction of sp³-hybridized carbons (Fsp3) is 0.923. The fourth-order valence-corrected chi connectivity index (χ4v) is 11.4. The van der Waals surface area contributed by atoms with E-state index in [2.05, 4.69) is 53.9 Å². The minimum absolute atomic E-state index is 0.246. The van der Waals surface area contributed by atoms with Gasteiger partial charge in [-0.25, -0.2) is 0 Å². The van der Waals surface area contributed by atoms with Crippen LogP contribution in [-0.4, -0.2) is 68.2 Å². The van der Waals surface area contributed by atoms with Crippen LogP contribution in [0.5, 0.6) is 0 Å². The number of unbranched alkanes of at least 4 members (excludes halogenated alkanes) is 1. The molecule has 0 radical (unpaired) electrons. The molecule has 0 saturated heterocycles. The van der Waals surface area contributed by atoms with E-state index in [1.165, 1.54) is 0 Å². The van der Waals surface area contributed by atoms with E-state index in [1.54, 1.807) is 0 Å². The second-order valence-corrected chi connectivity index (χ2v) is 20.3. The Morgan fingerprint density at radius 1 is 0.657 bits per heavy atom. The smallest absolute Gasteiger partial charge is 0.305 e. The Kier molecular flexibility index (Phi) is 19.0. The van der Waals surface area contributed by atoms with Crippen molar-refractivity contribution in [2.24, 2.45) is 5.92 Å². The quantitative estimate of drug-likeness (QED) is 0.0912. The Balaban J connectivity index is 3.60. The van der Waals surface area contributed by atoms with Gasteiger partial charge in [-0.2, -0.15) is 0 Å². The Bertz CT molecular complexity index is 566. The van der Waals surface area contributed by atoms with Crippen molar-refractivity contribution in [3.05, 3.63) is 0 Å². The van der Waals surface area contributed by atoms with Crippen LogP contribution < -0.4 is 0 Å². The summed E-state index contributed by atoms with van der Waals surface area (Å²) < 4.78 is 28.0. The standard InChI is InChI=1S/C26H54O7Si2/c1-23(2)13-11-16-29-18-20-31-25(27)14-9-10-15-26(28)32-21-19-30-17-12-22-34(5,6)33-35(7,8)24(3)4/h23-24H,9-22H2,1-8H3. The van der Waals surface area contributed by atoms with Crippen LogP contribution in [0.25, 0.3) is 0 Å². The number of carbonyl (C=O) groups is 2. The van der Waals surface area contributed by atoms with Gasteiger partial charge in [0.1, 0.15) is 13.2 Å². The molecule has 0 fully saturated rings. The summed E-state index contributed by atoms with van der Waals surface area (Å²) >= 11 is 0. The van der Waals surface area contributed by atoms with Gasteiger partial charge in [-0.15, -0.1) is 0 Å². The van der Waals surface area contributed by atoms with Gasteiger partial charge in [-0.3, -0.25) is 9.59 Å². The summed E-state index contributed by atoms with van der Waals surface area (Å²) in [4.78, 5) is 23.5. The van der Waals surface area contributed by atoms with Gasteiger partial charge in [0.2, 0.25) is 0 Å². The summed E-state index contributed by atoms with van der Waals surface area (Å²) in [6, 6.07) is 1.07. The second kappa shape index (κ2) is 19.4. The van der Waals surface area contributed by atoms with Gasteiger partial charge in [0.05, 0.1) is 13.2 Å². The molecule has 35 heavy (non-hydrogen) atoms. The number of rotatable bonds is 22. The number of hydrogen-bond donors (Lipinski definition) is 0. The van der Waals surface area contributed by atoms with Gasteiger partial charge in [-0.1, -0.05) is 27.7 Å². The lowest BCUT2D eigenvalue weighted by Crippen LogP contribution is -2.46. The lowest BCUT2D eigenvalue weighted by molar-refractivity contribution is -0.147. The highest BCUT2D eigenvalue weighted by Crippen LogP contribution is 2.27. The van der Waals surface area contributed by atoms with Crippen molar-refractivity contribution in [3.63, 3.8) is 0 Å². The van der Waals surface area contributed by atoms with E-state index in [0.717, 1.165) is 25.3 Å². The number of hydrogen-bond acceptors (Lipinski definition) is 7. The Labute approximate surface area is 217 Å². The molecule has 0 aliphatic rings. The van der Waals surface area contributed by atoms with Crippen LogP contribution in [0.4, 0.5) is 0 Å². The lowest BCUT2D eigenvalue weighted by atomic mass is 10.1. The summed E-state index contributed by atoms with van der Waals surface area (Å²) in [7, 11) is -3.29. The van der Waals surface area contributed by atoms with Gasteiger partial charge in [0.15, 0.2) is 16.6 Å². The minimum Gasteiger partial charge on any atom is -0.463 e. The topological polar surface area (TPSA) is 80.3 Å². The van der Waals surface area contributed by atoms with Gasteiger partial charge < -0.3 is 23.1 Å². The van der Waals surface area contributed by atoms with Crippen molar-refractivity contribution in [2.75, 3.05) is 39.6 Å². The monoisotopic (exact) mass is 534 g/mol. The molecule has 0 aromatic heterocycles. The normalized spacial score (nSPS) is 12.4. The van der Waals surface area contributed by atoms with E-state index in [0.29, 0.717) is 63.6 Å². The number of ether oxygens (including phenoxy) is 4. The molecule has 208 valence electrons. The molecule has 0 spiro atoms. The molecule has 0 saturated carbocycles. The van der Waals surface area contributed by atoms with Crippen LogP contribution in [0.3, 0.4) is 0 Å². The summed E-state index contributed by atoms with van der Waals surface area (Å²) in [5.41, 5.74) is 0.614. The maximum atomic E-state index is 11.8. The van der Waals surface area contributed by atoms with Gasteiger partial charge in [0, 0.05) is 26.1 Å². The van der Waals surface area contributed by atoms with E-state index >= 15 is 0 Å². The first kappa shape index (κ1) is 34.3. The molecule has 0 heterocycles. The Morgan fingerprint density at radius 3 is 1.60 bits per heavy atom. The summed E-state index contributed by atoms with van der Waals surface area (Å²) in [5.74, 6) is 0.184. The average molecular weight is 535 g/mol. The van der Waals surface area contributed by atoms with Crippen LogP contribution in [0.15, 0.2) is 0 Å². The Morgan fingerprint density at radius 2 is 1.14 bits per heavy atom. The van der Waals surface area contributed by atoms with Gasteiger partial charge in [0.25, 0.3) is 0 Å². The molecule has 0 rings (SSSR count). The average Bonchev–Trinajstić information content (AvgIpc) is 2.74. The van der Waals surface area contributed by atoms with E-state index < -0.39 is 16.6 Å². The van der Waals surface area contributed by atoms with Crippen molar-refractivity contribution >= 4 is 28.6 Å². The molecule has 0 aromatic carbocycles. The van der Waals surface area contributed by atoms with Crippen LogP contribution in [-0.2, 0) is 32.7 Å². The molecule has 0 bridgehead atoms. The fourth-order valence-electron chi connectivity index (χ4n) is 3.39. The third kappa shape index (κ3) is 21.1. The molecule has 0 aliphatic heterocycles. The van der Waals surface area contributed by atoms with E-state index in [-0.39, 0.29) is 25.2 Å². The largest absolute Gasteiger partial charge is 0.463 e.